The molecule has 0 radical (unpaired) electrons. The van der Waals surface area contributed by atoms with Crippen molar-refractivity contribution in [2.45, 2.75) is 13.1 Å². The minimum atomic E-state index is 0.795. The molecule has 0 saturated carbocycles. The first-order valence-corrected chi connectivity index (χ1v) is 8.21. The lowest BCUT2D eigenvalue weighted by atomic mass is 10.1. The lowest BCUT2D eigenvalue weighted by Crippen LogP contribution is -2.38. The second-order valence-electron chi connectivity index (χ2n) is 4.85. The van der Waals surface area contributed by atoms with Crippen LogP contribution in [0, 0.1) is 0 Å². The summed E-state index contributed by atoms with van der Waals surface area (Å²) in [5.41, 5.74) is 2.67. The van der Waals surface area contributed by atoms with Crippen LogP contribution in [0.15, 0.2) is 29.3 Å². The molecule has 0 aliphatic rings. The number of guanidine groups is 1. The van der Waals surface area contributed by atoms with Crippen LogP contribution in [0.3, 0.4) is 0 Å². The van der Waals surface area contributed by atoms with Gasteiger partial charge in [-0.15, -0.1) is 0 Å². The molecule has 0 fully saturated rings. The maximum absolute atomic E-state index is 4.24. The van der Waals surface area contributed by atoms with E-state index in [1.807, 2.05) is 11.8 Å². The molecule has 112 valence electrons. The molecule has 4 nitrogen and oxygen atoms in total. The van der Waals surface area contributed by atoms with E-state index in [9.17, 15) is 0 Å². The first kappa shape index (κ1) is 16.9. The fourth-order valence-corrected chi connectivity index (χ4v) is 2.20. The second-order valence-corrected chi connectivity index (χ2v) is 5.84. The first-order chi connectivity index (χ1) is 9.67. The Morgan fingerprint density at radius 3 is 2.50 bits per heavy atom. The van der Waals surface area contributed by atoms with Crippen molar-refractivity contribution in [3.8, 4) is 0 Å². The van der Waals surface area contributed by atoms with Gasteiger partial charge in [0.2, 0.25) is 0 Å². The van der Waals surface area contributed by atoms with E-state index in [1.54, 1.807) is 7.05 Å². The Bertz CT molecular complexity index is 418. The van der Waals surface area contributed by atoms with Crippen LogP contribution in [-0.2, 0) is 13.1 Å². The molecule has 20 heavy (non-hydrogen) atoms. The van der Waals surface area contributed by atoms with E-state index in [4.69, 9.17) is 0 Å². The van der Waals surface area contributed by atoms with Crippen molar-refractivity contribution in [1.82, 2.24) is 15.5 Å². The molecule has 0 saturated heterocycles. The zero-order chi connectivity index (χ0) is 14.8. The second kappa shape index (κ2) is 9.66. The highest BCUT2D eigenvalue weighted by molar-refractivity contribution is 7.98. The van der Waals surface area contributed by atoms with Crippen molar-refractivity contribution < 1.29 is 0 Å². The van der Waals surface area contributed by atoms with E-state index >= 15 is 0 Å². The molecule has 1 rings (SSSR count). The highest BCUT2D eigenvalue weighted by Crippen LogP contribution is 2.10. The van der Waals surface area contributed by atoms with Gasteiger partial charge in [0.1, 0.15) is 0 Å². The van der Waals surface area contributed by atoms with E-state index in [2.05, 4.69) is 65.1 Å². The van der Waals surface area contributed by atoms with Gasteiger partial charge in [-0.05, 0) is 31.5 Å². The first-order valence-electron chi connectivity index (χ1n) is 6.82. The van der Waals surface area contributed by atoms with Gasteiger partial charge in [-0.2, -0.15) is 11.8 Å². The Balaban J connectivity index is 2.55. The Morgan fingerprint density at radius 1 is 1.20 bits per heavy atom. The number of benzene rings is 1. The zero-order valence-electron chi connectivity index (χ0n) is 12.9. The summed E-state index contributed by atoms with van der Waals surface area (Å²) in [5, 5.41) is 6.68. The predicted molar refractivity (Wildman–Crippen MR) is 90.4 cm³/mol. The van der Waals surface area contributed by atoms with Crippen molar-refractivity contribution in [1.29, 1.82) is 0 Å². The van der Waals surface area contributed by atoms with E-state index in [0.29, 0.717) is 0 Å². The summed E-state index contributed by atoms with van der Waals surface area (Å²) in [4.78, 5) is 6.43. The topological polar surface area (TPSA) is 39.7 Å². The van der Waals surface area contributed by atoms with Gasteiger partial charge in [0.15, 0.2) is 5.96 Å². The van der Waals surface area contributed by atoms with Crippen molar-refractivity contribution in [3.05, 3.63) is 35.4 Å². The van der Waals surface area contributed by atoms with Crippen molar-refractivity contribution in [2.24, 2.45) is 4.99 Å². The molecule has 0 unspecified atom stereocenters. The Kier molecular flexibility index (Phi) is 8.14. The normalized spacial score (nSPS) is 11.8. The van der Waals surface area contributed by atoms with Crippen molar-refractivity contribution in [2.75, 3.05) is 39.7 Å². The fourth-order valence-electron chi connectivity index (χ4n) is 1.90. The third-order valence-corrected chi connectivity index (χ3v) is 3.49. The number of rotatable bonds is 7. The molecule has 0 amide bonds. The van der Waals surface area contributed by atoms with E-state index in [1.165, 1.54) is 11.1 Å². The maximum atomic E-state index is 4.24. The van der Waals surface area contributed by atoms with Gasteiger partial charge in [0.25, 0.3) is 0 Å². The standard InChI is InChI=1S/C15H26N4S/c1-16-15(17-9-10-20-4)18-11-13-7-5-6-8-14(13)12-19(2)3/h5-8H,9-12H2,1-4H3,(H2,16,17,18). The van der Waals surface area contributed by atoms with E-state index in [-0.39, 0.29) is 0 Å². The molecular weight excluding hydrogens is 268 g/mol. The minimum absolute atomic E-state index is 0.795. The number of hydrogen-bond donors (Lipinski definition) is 2. The molecule has 1 aromatic carbocycles. The highest BCUT2D eigenvalue weighted by Gasteiger charge is 2.04. The lowest BCUT2D eigenvalue weighted by molar-refractivity contribution is 0.400. The summed E-state index contributed by atoms with van der Waals surface area (Å²) in [7, 11) is 5.99. The average Bonchev–Trinajstić information content (AvgIpc) is 2.43. The number of aliphatic imine (C=N–C) groups is 1. The van der Waals surface area contributed by atoms with Crippen molar-refractivity contribution >= 4 is 17.7 Å². The van der Waals surface area contributed by atoms with Crippen LogP contribution in [0.4, 0.5) is 0 Å². The largest absolute Gasteiger partial charge is 0.356 e. The van der Waals surface area contributed by atoms with Gasteiger partial charge < -0.3 is 15.5 Å². The van der Waals surface area contributed by atoms with Crippen LogP contribution < -0.4 is 10.6 Å². The van der Waals surface area contributed by atoms with E-state index in [0.717, 1.165) is 31.3 Å². The quantitative estimate of drug-likeness (QED) is 0.457. The molecule has 0 atom stereocenters. The van der Waals surface area contributed by atoms with Crippen LogP contribution in [0.2, 0.25) is 0 Å². The van der Waals surface area contributed by atoms with Gasteiger partial charge in [-0.3, -0.25) is 4.99 Å². The summed E-state index contributed by atoms with van der Waals surface area (Å²) in [6.45, 7) is 2.68. The number of thioether (sulfide) groups is 1. The Hall–Kier alpha value is -1.20. The van der Waals surface area contributed by atoms with Gasteiger partial charge >= 0.3 is 0 Å². The number of nitrogens with one attached hydrogen (secondary N) is 2. The molecule has 0 aliphatic heterocycles. The molecule has 5 heteroatoms. The van der Waals surface area contributed by atoms with Crippen LogP contribution in [0.5, 0.6) is 0 Å². The summed E-state index contributed by atoms with van der Waals surface area (Å²) in [6.07, 6.45) is 2.11. The monoisotopic (exact) mass is 294 g/mol. The molecule has 1 aromatic rings. The van der Waals surface area contributed by atoms with Crippen molar-refractivity contribution in [3.63, 3.8) is 0 Å². The third-order valence-electron chi connectivity index (χ3n) is 2.87. The SMILES string of the molecule is CN=C(NCCSC)NCc1ccccc1CN(C)C. The minimum Gasteiger partial charge on any atom is -0.356 e. The van der Waals surface area contributed by atoms with Crippen LogP contribution in [-0.4, -0.2) is 50.6 Å². The molecule has 0 spiro atoms. The van der Waals surface area contributed by atoms with Crippen LogP contribution in [0.1, 0.15) is 11.1 Å². The molecular formula is C15H26N4S. The zero-order valence-corrected chi connectivity index (χ0v) is 13.8. The van der Waals surface area contributed by atoms with Gasteiger partial charge in [-0.25, -0.2) is 0 Å². The van der Waals surface area contributed by atoms with Gasteiger partial charge in [0.05, 0.1) is 0 Å². The molecule has 0 aliphatic carbocycles. The third kappa shape index (κ3) is 6.30. The molecule has 0 bridgehead atoms. The molecule has 2 N–H and O–H groups in total. The summed E-state index contributed by atoms with van der Waals surface area (Å²) in [5.74, 6) is 1.94. The van der Waals surface area contributed by atoms with Crippen LogP contribution >= 0.6 is 11.8 Å². The van der Waals surface area contributed by atoms with Crippen LogP contribution in [0.25, 0.3) is 0 Å². The average molecular weight is 294 g/mol. The Labute approximate surface area is 127 Å². The number of nitrogens with zero attached hydrogens (tertiary/aromatic N) is 2. The number of hydrogen-bond acceptors (Lipinski definition) is 3. The summed E-state index contributed by atoms with van der Waals surface area (Å²) < 4.78 is 0. The fraction of sp³-hybridized carbons (Fsp3) is 0.533. The lowest BCUT2D eigenvalue weighted by Gasteiger charge is -2.16. The molecule has 0 aromatic heterocycles. The Morgan fingerprint density at radius 2 is 1.90 bits per heavy atom. The van der Waals surface area contributed by atoms with Gasteiger partial charge in [-0.1, -0.05) is 24.3 Å². The predicted octanol–water partition coefficient (Wildman–Crippen LogP) is 1.78. The summed E-state index contributed by atoms with van der Waals surface area (Å²) in [6, 6.07) is 8.52. The summed E-state index contributed by atoms with van der Waals surface area (Å²) >= 11 is 1.83. The van der Waals surface area contributed by atoms with Gasteiger partial charge in [0, 0.05) is 32.4 Å². The highest BCUT2D eigenvalue weighted by atomic mass is 32.2. The maximum Gasteiger partial charge on any atom is 0.191 e. The van der Waals surface area contributed by atoms with E-state index < -0.39 is 0 Å². The smallest absolute Gasteiger partial charge is 0.191 e. The molecule has 0 heterocycles.